The van der Waals surface area contributed by atoms with Gasteiger partial charge in [0.2, 0.25) is 5.89 Å². The highest BCUT2D eigenvalue weighted by molar-refractivity contribution is 5.70. The summed E-state index contributed by atoms with van der Waals surface area (Å²) in [5.74, 6) is 2.09. The van der Waals surface area contributed by atoms with Crippen molar-refractivity contribution in [2.75, 3.05) is 23.3 Å². The molecular formula is C17H22N4O. The maximum absolute atomic E-state index is 5.34. The molecule has 0 atom stereocenters. The first kappa shape index (κ1) is 13.6. The van der Waals surface area contributed by atoms with Crippen LogP contribution in [0.2, 0.25) is 0 Å². The number of rotatable bonds is 5. The van der Waals surface area contributed by atoms with Gasteiger partial charge in [-0.15, -0.1) is 0 Å². The smallest absolute Gasteiger partial charge is 0.245 e. The van der Waals surface area contributed by atoms with E-state index in [1.807, 2.05) is 0 Å². The van der Waals surface area contributed by atoms with Gasteiger partial charge in [0.05, 0.1) is 17.9 Å². The summed E-state index contributed by atoms with van der Waals surface area (Å²) in [6.07, 6.45) is 6.30. The second-order valence-electron chi connectivity index (χ2n) is 6.24. The summed E-state index contributed by atoms with van der Waals surface area (Å²) in [5, 5.41) is 7.53. The summed E-state index contributed by atoms with van der Waals surface area (Å²) < 4.78 is 5.34. The highest BCUT2D eigenvalue weighted by atomic mass is 16.5. The van der Waals surface area contributed by atoms with E-state index in [1.54, 1.807) is 0 Å². The molecular weight excluding hydrogens is 276 g/mol. The van der Waals surface area contributed by atoms with Crippen LogP contribution in [0, 0.1) is 0 Å². The van der Waals surface area contributed by atoms with Crippen LogP contribution in [-0.2, 0) is 6.54 Å². The van der Waals surface area contributed by atoms with E-state index in [4.69, 9.17) is 4.52 Å². The number of anilines is 2. The van der Waals surface area contributed by atoms with Gasteiger partial charge in [-0.25, -0.2) is 0 Å². The average molecular weight is 298 g/mol. The summed E-state index contributed by atoms with van der Waals surface area (Å²) >= 11 is 0. The van der Waals surface area contributed by atoms with E-state index in [1.165, 1.54) is 37.8 Å². The third kappa shape index (κ3) is 2.93. The van der Waals surface area contributed by atoms with E-state index in [0.717, 1.165) is 24.6 Å². The number of hydrogen-bond donors (Lipinski definition) is 1. The Morgan fingerprint density at radius 2 is 1.95 bits per heavy atom. The second kappa shape index (κ2) is 5.99. The predicted octanol–water partition coefficient (Wildman–Crippen LogP) is 3.55. The number of nitrogens with one attached hydrogen (secondary N) is 1. The van der Waals surface area contributed by atoms with E-state index in [2.05, 4.69) is 44.6 Å². The van der Waals surface area contributed by atoms with E-state index in [-0.39, 0.29) is 0 Å². The van der Waals surface area contributed by atoms with Gasteiger partial charge in [0.15, 0.2) is 5.82 Å². The predicted molar refractivity (Wildman–Crippen MR) is 86.1 cm³/mol. The molecule has 116 valence electrons. The monoisotopic (exact) mass is 298 g/mol. The number of aromatic nitrogens is 2. The maximum atomic E-state index is 5.34. The van der Waals surface area contributed by atoms with Crippen LogP contribution in [0.3, 0.4) is 0 Å². The van der Waals surface area contributed by atoms with Gasteiger partial charge in [0.25, 0.3) is 0 Å². The van der Waals surface area contributed by atoms with Gasteiger partial charge in [0, 0.05) is 19.0 Å². The lowest BCUT2D eigenvalue weighted by Gasteiger charge is -2.30. The first-order chi connectivity index (χ1) is 10.9. The van der Waals surface area contributed by atoms with Crippen LogP contribution in [-0.4, -0.2) is 23.2 Å². The summed E-state index contributed by atoms with van der Waals surface area (Å²) in [6.45, 7) is 2.88. The van der Waals surface area contributed by atoms with Crippen molar-refractivity contribution in [1.29, 1.82) is 0 Å². The summed E-state index contributed by atoms with van der Waals surface area (Å²) in [4.78, 5) is 6.94. The molecule has 5 heteroatoms. The van der Waals surface area contributed by atoms with Crippen molar-refractivity contribution >= 4 is 11.4 Å². The Bertz CT molecular complexity index is 629. The molecule has 1 saturated heterocycles. The minimum absolute atomic E-state index is 0.540. The fourth-order valence-electron chi connectivity index (χ4n) is 3.05. The molecule has 2 aromatic rings. The van der Waals surface area contributed by atoms with Gasteiger partial charge in [0.1, 0.15) is 0 Å². The molecule has 0 radical (unpaired) electrons. The van der Waals surface area contributed by atoms with Crippen molar-refractivity contribution in [3.05, 3.63) is 36.0 Å². The number of piperidine rings is 1. The minimum atomic E-state index is 0.540. The normalized spacial score (nSPS) is 18.5. The zero-order valence-electron chi connectivity index (χ0n) is 12.8. The fourth-order valence-corrected chi connectivity index (χ4v) is 3.05. The van der Waals surface area contributed by atoms with Crippen molar-refractivity contribution in [2.45, 2.75) is 44.6 Å². The topological polar surface area (TPSA) is 54.2 Å². The largest absolute Gasteiger partial charge is 0.374 e. The molecule has 2 fully saturated rings. The molecule has 4 rings (SSSR count). The van der Waals surface area contributed by atoms with Gasteiger partial charge in [-0.1, -0.05) is 17.3 Å². The molecule has 0 amide bonds. The number of nitrogens with zero attached hydrogens (tertiary/aromatic N) is 3. The first-order valence-corrected chi connectivity index (χ1v) is 8.30. The van der Waals surface area contributed by atoms with Crippen molar-refractivity contribution in [3.63, 3.8) is 0 Å². The number of benzene rings is 1. The summed E-state index contributed by atoms with van der Waals surface area (Å²) in [7, 11) is 0. The molecule has 5 nitrogen and oxygen atoms in total. The van der Waals surface area contributed by atoms with Crippen LogP contribution in [0.15, 0.2) is 28.8 Å². The number of hydrogen-bond acceptors (Lipinski definition) is 5. The molecule has 22 heavy (non-hydrogen) atoms. The van der Waals surface area contributed by atoms with Gasteiger partial charge in [-0.05, 0) is 44.2 Å². The van der Waals surface area contributed by atoms with Gasteiger partial charge < -0.3 is 14.7 Å². The molecule has 0 bridgehead atoms. The Kier molecular flexibility index (Phi) is 3.70. The van der Waals surface area contributed by atoms with Crippen molar-refractivity contribution < 1.29 is 4.52 Å². The fraction of sp³-hybridized carbons (Fsp3) is 0.529. The van der Waals surface area contributed by atoms with E-state index < -0.39 is 0 Å². The van der Waals surface area contributed by atoms with Gasteiger partial charge in [-0.2, -0.15) is 4.98 Å². The van der Waals surface area contributed by atoms with Gasteiger partial charge >= 0.3 is 0 Å². The molecule has 1 aliphatic heterocycles. The standard InChI is InChI=1S/C17H22N4O/c1-4-10-21(11-5-1)15-7-3-2-6-14(15)18-12-16-19-17(20-22-16)13-8-9-13/h2-3,6-7,13,18H,1,4-5,8-12H2. The van der Waals surface area contributed by atoms with E-state index in [0.29, 0.717) is 18.4 Å². The van der Waals surface area contributed by atoms with Crippen LogP contribution in [0.1, 0.15) is 49.7 Å². The molecule has 1 N–H and O–H groups in total. The zero-order chi connectivity index (χ0) is 14.8. The maximum Gasteiger partial charge on any atom is 0.245 e. The Balaban J connectivity index is 1.45. The SMILES string of the molecule is c1ccc(N2CCCCC2)c(NCc2nc(C3CC3)no2)c1. The molecule has 0 unspecified atom stereocenters. The second-order valence-corrected chi connectivity index (χ2v) is 6.24. The van der Waals surface area contributed by atoms with Crippen LogP contribution in [0.5, 0.6) is 0 Å². The molecule has 1 aromatic heterocycles. The van der Waals surface area contributed by atoms with Crippen LogP contribution < -0.4 is 10.2 Å². The van der Waals surface area contributed by atoms with Crippen LogP contribution in [0.4, 0.5) is 11.4 Å². The van der Waals surface area contributed by atoms with Crippen molar-refractivity contribution in [3.8, 4) is 0 Å². The Labute approximate surface area is 130 Å². The zero-order valence-corrected chi connectivity index (χ0v) is 12.8. The van der Waals surface area contributed by atoms with Gasteiger partial charge in [-0.3, -0.25) is 0 Å². The Morgan fingerprint density at radius 3 is 2.77 bits per heavy atom. The first-order valence-electron chi connectivity index (χ1n) is 8.30. The van der Waals surface area contributed by atoms with Crippen molar-refractivity contribution in [1.82, 2.24) is 10.1 Å². The Morgan fingerprint density at radius 1 is 1.14 bits per heavy atom. The van der Waals surface area contributed by atoms with Crippen LogP contribution >= 0.6 is 0 Å². The quantitative estimate of drug-likeness (QED) is 0.915. The third-order valence-electron chi connectivity index (χ3n) is 4.46. The highest BCUT2D eigenvalue weighted by Crippen LogP contribution is 2.38. The molecule has 2 heterocycles. The van der Waals surface area contributed by atoms with Crippen molar-refractivity contribution in [2.24, 2.45) is 0 Å². The lowest BCUT2D eigenvalue weighted by atomic mass is 10.1. The third-order valence-corrected chi connectivity index (χ3v) is 4.46. The minimum Gasteiger partial charge on any atom is -0.374 e. The van der Waals surface area contributed by atoms with E-state index >= 15 is 0 Å². The molecule has 0 spiro atoms. The molecule has 1 saturated carbocycles. The highest BCUT2D eigenvalue weighted by Gasteiger charge is 2.28. The summed E-state index contributed by atoms with van der Waals surface area (Å²) in [5.41, 5.74) is 2.43. The number of para-hydroxylation sites is 2. The molecule has 2 aliphatic rings. The molecule has 1 aliphatic carbocycles. The Hall–Kier alpha value is -2.04. The molecule has 1 aromatic carbocycles. The average Bonchev–Trinajstić information content (AvgIpc) is 3.33. The van der Waals surface area contributed by atoms with E-state index in [9.17, 15) is 0 Å². The van der Waals surface area contributed by atoms with Crippen LogP contribution in [0.25, 0.3) is 0 Å². The lowest BCUT2D eigenvalue weighted by molar-refractivity contribution is 0.378. The summed E-state index contributed by atoms with van der Waals surface area (Å²) in [6, 6.07) is 8.49. The lowest BCUT2D eigenvalue weighted by Crippen LogP contribution is -2.30.